The van der Waals surface area contributed by atoms with Crippen LogP contribution in [0.2, 0.25) is 5.02 Å². The summed E-state index contributed by atoms with van der Waals surface area (Å²) in [6.07, 6.45) is 1.29. The fraction of sp³-hybridized carbons (Fsp3) is 0.364. The van der Waals surface area contributed by atoms with Crippen LogP contribution in [-0.2, 0) is 11.2 Å². The van der Waals surface area contributed by atoms with Crippen LogP contribution >= 0.6 is 11.6 Å². The average Bonchev–Trinajstić information content (AvgIpc) is 2.98. The summed E-state index contributed by atoms with van der Waals surface area (Å²) in [6.45, 7) is 0. The number of aliphatic carboxylic acids is 1. The van der Waals surface area contributed by atoms with Crippen LogP contribution in [0.25, 0.3) is 0 Å². The van der Waals surface area contributed by atoms with Crippen LogP contribution in [0.5, 0.6) is 0 Å². The molecule has 0 radical (unpaired) electrons. The Balaban J connectivity index is 2.35. The highest BCUT2D eigenvalue weighted by molar-refractivity contribution is 6.30. The topological polar surface area (TPSA) is 80.4 Å². The molecular formula is C11H10ClNO4. The van der Waals surface area contributed by atoms with Gasteiger partial charge in [-0.1, -0.05) is 11.6 Å². The van der Waals surface area contributed by atoms with E-state index in [4.69, 9.17) is 16.7 Å². The smallest absolute Gasteiger partial charge is 0.309 e. The normalized spacial score (nSPS) is 16.5. The molecule has 0 aromatic heterocycles. The summed E-state index contributed by atoms with van der Waals surface area (Å²) in [5.41, 5.74) is -0.501. The summed E-state index contributed by atoms with van der Waals surface area (Å²) in [5, 5.41) is 20.3. The van der Waals surface area contributed by atoms with E-state index in [1.807, 2.05) is 0 Å². The molecule has 0 bridgehead atoms. The summed E-state index contributed by atoms with van der Waals surface area (Å²) in [4.78, 5) is 21.4. The first-order valence-electron chi connectivity index (χ1n) is 5.11. The van der Waals surface area contributed by atoms with Crippen molar-refractivity contribution in [2.75, 3.05) is 0 Å². The fourth-order valence-corrected chi connectivity index (χ4v) is 2.05. The van der Waals surface area contributed by atoms with Crippen LogP contribution in [0.4, 0.5) is 5.69 Å². The van der Waals surface area contributed by atoms with Crippen LogP contribution in [0.1, 0.15) is 18.4 Å². The number of halogens is 1. The van der Waals surface area contributed by atoms with Crippen molar-refractivity contribution >= 4 is 23.3 Å². The van der Waals surface area contributed by atoms with Gasteiger partial charge in [-0.15, -0.1) is 0 Å². The number of hydrogen-bond donors (Lipinski definition) is 1. The maximum Gasteiger partial charge on any atom is 0.309 e. The zero-order valence-electron chi connectivity index (χ0n) is 8.85. The van der Waals surface area contributed by atoms with Gasteiger partial charge in [0.05, 0.1) is 10.3 Å². The van der Waals surface area contributed by atoms with Crippen LogP contribution < -0.4 is 0 Å². The Hall–Kier alpha value is -1.62. The van der Waals surface area contributed by atoms with Crippen molar-refractivity contribution in [2.45, 2.75) is 19.3 Å². The second kappa shape index (κ2) is 4.00. The zero-order valence-corrected chi connectivity index (χ0v) is 9.61. The van der Waals surface area contributed by atoms with E-state index in [1.54, 1.807) is 0 Å². The Bertz CT molecular complexity index is 496. The highest BCUT2D eigenvalue weighted by atomic mass is 35.5. The maximum absolute atomic E-state index is 11.1. The van der Waals surface area contributed by atoms with Crippen molar-refractivity contribution in [2.24, 2.45) is 5.41 Å². The number of carboxylic acid groups (broad SMARTS) is 1. The lowest BCUT2D eigenvalue weighted by molar-refractivity contribution is -0.385. The number of nitro benzene ring substituents is 1. The number of nitrogens with zero attached hydrogens (tertiary/aromatic N) is 1. The van der Waals surface area contributed by atoms with Crippen molar-refractivity contribution in [1.29, 1.82) is 0 Å². The van der Waals surface area contributed by atoms with E-state index in [2.05, 4.69) is 0 Å². The summed E-state index contributed by atoms with van der Waals surface area (Å²) < 4.78 is 0. The van der Waals surface area contributed by atoms with Crippen LogP contribution in [0, 0.1) is 15.5 Å². The second-order valence-electron chi connectivity index (χ2n) is 4.29. The van der Waals surface area contributed by atoms with E-state index in [0.29, 0.717) is 23.4 Å². The third-order valence-corrected chi connectivity index (χ3v) is 3.31. The molecule has 1 aromatic carbocycles. The third-order valence-electron chi connectivity index (χ3n) is 3.07. The quantitative estimate of drug-likeness (QED) is 0.662. The van der Waals surface area contributed by atoms with E-state index >= 15 is 0 Å². The molecule has 1 N–H and O–H groups in total. The van der Waals surface area contributed by atoms with E-state index in [-0.39, 0.29) is 12.1 Å². The van der Waals surface area contributed by atoms with Crippen molar-refractivity contribution in [3.63, 3.8) is 0 Å². The summed E-state index contributed by atoms with van der Waals surface area (Å²) >= 11 is 5.78. The molecule has 1 aliphatic carbocycles. The second-order valence-corrected chi connectivity index (χ2v) is 4.73. The molecule has 1 aromatic rings. The van der Waals surface area contributed by atoms with Gasteiger partial charge in [0, 0.05) is 16.7 Å². The maximum atomic E-state index is 11.1. The minimum absolute atomic E-state index is 0.0677. The van der Waals surface area contributed by atoms with E-state index in [1.165, 1.54) is 18.2 Å². The number of carbonyl (C=O) groups is 1. The molecule has 2 rings (SSSR count). The lowest BCUT2D eigenvalue weighted by Crippen LogP contribution is -2.18. The fourth-order valence-electron chi connectivity index (χ4n) is 1.86. The first kappa shape index (κ1) is 11.9. The van der Waals surface area contributed by atoms with Gasteiger partial charge in [0.2, 0.25) is 0 Å². The highest BCUT2D eigenvalue weighted by Gasteiger charge is 2.50. The van der Waals surface area contributed by atoms with Crippen LogP contribution in [0.15, 0.2) is 18.2 Å². The van der Waals surface area contributed by atoms with Gasteiger partial charge in [0.15, 0.2) is 0 Å². The van der Waals surface area contributed by atoms with E-state index in [9.17, 15) is 14.9 Å². The van der Waals surface area contributed by atoms with Crippen molar-refractivity contribution in [3.05, 3.63) is 38.9 Å². The Morgan fingerprint density at radius 1 is 1.53 bits per heavy atom. The Morgan fingerprint density at radius 2 is 2.18 bits per heavy atom. The monoisotopic (exact) mass is 255 g/mol. The van der Waals surface area contributed by atoms with Crippen LogP contribution in [-0.4, -0.2) is 16.0 Å². The van der Waals surface area contributed by atoms with Crippen molar-refractivity contribution < 1.29 is 14.8 Å². The Morgan fingerprint density at radius 3 is 2.65 bits per heavy atom. The number of carboxylic acids is 1. The molecule has 0 saturated heterocycles. The van der Waals surface area contributed by atoms with Gasteiger partial charge < -0.3 is 5.11 Å². The lowest BCUT2D eigenvalue weighted by atomic mass is 9.95. The summed E-state index contributed by atoms with van der Waals surface area (Å²) in [7, 11) is 0. The Labute approximate surface area is 102 Å². The number of nitro groups is 1. The summed E-state index contributed by atoms with van der Waals surface area (Å²) in [6, 6.07) is 4.22. The minimum Gasteiger partial charge on any atom is -0.481 e. The molecule has 0 atom stereocenters. The molecule has 0 amide bonds. The Kier molecular flexibility index (Phi) is 2.79. The molecule has 90 valence electrons. The molecule has 0 heterocycles. The molecule has 6 heteroatoms. The van der Waals surface area contributed by atoms with Gasteiger partial charge in [-0.2, -0.15) is 0 Å². The number of hydrogen-bond acceptors (Lipinski definition) is 3. The first-order chi connectivity index (χ1) is 7.94. The molecular weight excluding hydrogens is 246 g/mol. The largest absolute Gasteiger partial charge is 0.481 e. The highest BCUT2D eigenvalue weighted by Crippen LogP contribution is 2.49. The molecule has 17 heavy (non-hydrogen) atoms. The molecule has 0 spiro atoms. The molecule has 1 aliphatic rings. The molecule has 0 aliphatic heterocycles. The van der Waals surface area contributed by atoms with E-state index < -0.39 is 16.3 Å². The van der Waals surface area contributed by atoms with Gasteiger partial charge in [-0.05, 0) is 31.4 Å². The van der Waals surface area contributed by atoms with Gasteiger partial charge in [-0.25, -0.2) is 0 Å². The number of benzene rings is 1. The zero-order chi connectivity index (χ0) is 12.6. The van der Waals surface area contributed by atoms with Gasteiger partial charge in [0.25, 0.3) is 5.69 Å². The minimum atomic E-state index is -0.897. The lowest BCUT2D eigenvalue weighted by Gasteiger charge is -2.10. The molecule has 0 unspecified atom stereocenters. The molecule has 1 fully saturated rings. The number of rotatable bonds is 4. The predicted molar refractivity (Wildman–Crippen MR) is 61.1 cm³/mol. The average molecular weight is 256 g/mol. The van der Waals surface area contributed by atoms with Crippen molar-refractivity contribution in [3.8, 4) is 0 Å². The standard InChI is InChI=1S/C11H10ClNO4/c12-8-1-2-9(13(16)17)7(5-8)6-11(3-4-11)10(14)15/h1-2,5H,3-4,6H2,(H,14,15). The SMILES string of the molecule is O=C(O)C1(Cc2cc(Cl)ccc2[N+](=O)[O-])CC1. The van der Waals surface area contributed by atoms with Crippen molar-refractivity contribution in [1.82, 2.24) is 0 Å². The van der Waals surface area contributed by atoms with Gasteiger partial charge >= 0.3 is 5.97 Å². The van der Waals surface area contributed by atoms with Crippen LogP contribution in [0.3, 0.4) is 0 Å². The summed E-state index contributed by atoms with van der Waals surface area (Å²) in [5.74, 6) is -0.897. The first-order valence-corrected chi connectivity index (χ1v) is 5.49. The molecule has 1 saturated carbocycles. The predicted octanol–water partition coefficient (Wildman–Crippen LogP) is 2.66. The van der Waals surface area contributed by atoms with Gasteiger partial charge in [-0.3, -0.25) is 14.9 Å². The third kappa shape index (κ3) is 2.24. The van der Waals surface area contributed by atoms with E-state index in [0.717, 1.165) is 0 Å². The molecule has 5 nitrogen and oxygen atoms in total. The van der Waals surface area contributed by atoms with Gasteiger partial charge in [0.1, 0.15) is 0 Å².